The third-order valence-electron chi connectivity index (χ3n) is 1.60. The molecule has 4 nitrogen and oxygen atoms in total. The quantitative estimate of drug-likeness (QED) is 0.797. The fraction of sp³-hybridized carbons (Fsp3) is 0.250. The molecule has 76 valence electrons. The third-order valence-corrected chi connectivity index (χ3v) is 3.25. The number of carboxylic acid groups (broad SMARTS) is 1. The Kier molecular flexibility index (Phi) is 4.09. The molecule has 0 fully saturated rings. The maximum Gasteiger partial charge on any atom is 0.326 e. The van der Waals surface area contributed by atoms with Gasteiger partial charge in [-0.2, -0.15) is 0 Å². The maximum atomic E-state index is 10.7. The van der Waals surface area contributed by atoms with Crippen molar-refractivity contribution in [3.05, 3.63) is 20.8 Å². The second-order valence-corrected chi connectivity index (χ2v) is 5.13. The summed E-state index contributed by atoms with van der Waals surface area (Å²) in [6, 6.07) is 2.83. The Bertz CT molecular complexity index is 339. The number of thiophene rings is 1. The van der Waals surface area contributed by atoms with E-state index in [1.165, 1.54) is 11.3 Å². The van der Waals surface area contributed by atoms with Crippen LogP contribution in [0.15, 0.2) is 15.9 Å². The van der Waals surface area contributed by atoms with Gasteiger partial charge in [-0.25, -0.2) is 4.79 Å². The van der Waals surface area contributed by atoms with Crippen molar-refractivity contribution in [2.75, 3.05) is 0 Å². The van der Waals surface area contributed by atoms with Gasteiger partial charge in [-0.05, 0) is 28.1 Å². The van der Waals surface area contributed by atoms with Crippen molar-refractivity contribution in [2.24, 2.45) is 0 Å². The molecule has 1 amide bonds. The molecule has 1 aromatic rings. The van der Waals surface area contributed by atoms with Gasteiger partial charge in [-0.3, -0.25) is 4.79 Å². The van der Waals surface area contributed by atoms with Gasteiger partial charge in [-0.1, -0.05) is 0 Å². The molecule has 0 bridgehead atoms. The van der Waals surface area contributed by atoms with Crippen molar-refractivity contribution in [3.63, 3.8) is 0 Å². The van der Waals surface area contributed by atoms with E-state index in [9.17, 15) is 9.59 Å². The van der Waals surface area contributed by atoms with E-state index in [0.717, 1.165) is 8.66 Å². The van der Waals surface area contributed by atoms with Crippen LogP contribution in [0.3, 0.4) is 0 Å². The third kappa shape index (κ3) is 3.12. The zero-order valence-corrected chi connectivity index (χ0v) is 9.47. The first-order valence-corrected chi connectivity index (χ1v) is 5.41. The Balaban J connectivity index is 2.64. The Hall–Kier alpha value is -0.880. The molecule has 1 rings (SSSR count). The number of hydrogen-bond donors (Lipinski definition) is 2. The number of carboxylic acids is 1. The molecule has 14 heavy (non-hydrogen) atoms. The molecule has 1 heterocycles. The number of nitrogens with one attached hydrogen (secondary N) is 1. The molecule has 0 aromatic carbocycles. The Morgan fingerprint density at radius 2 is 2.43 bits per heavy atom. The van der Waals surface area contributed by atoms with Crippen LogP contribution in [0.5, 0.6) is 0 Å². The van der Waals surface area contributed by atoms with Crippen LogP contribution in [-0.2, 0) is 16.0 Å². The summed E-state index contributed by atoms with van der Waals surface area (Å²) >= 11 is 4.74. The van der Waals surface area contributed by atoms with Crippen molar-refractivity contribution in [2.45, 2.75) is 12.5 Å². The Morgan fingerprint density at radius 1 is 1.71 bits per heavy atom. The standard InChI is InChI=1S/C8H8BrNO3S/c9-7-2-1-5(14-7)3-6(8(12)13)10-4-11/h1-2,4,6H,3H2,(H,10,11)(H,12,13). The predicted octanol–water partition coefficient (Wildman–Crippen LogP) is 1.25. The highest BCUT2D eigenvalue weighted by Crippen LogP contribution is 2.23. The van der Waals surface area contributed by atoms with Crippen molar-refractivity contribution < 1.29 is 14.7 Å². The Morgan fingerprint density at radius 3 is 2.86 bits per heavy atom. The van der Waals surface area contributed by atoms with E-state index >= 15 is 0 Å². The molecule has 0 aliphatic rings. The topological polar surface area (TPSA) is 66.4 Å². The molecule has 2 N–H and O–H groups in total. The van der Waals surface area contributed by atoms with Gasteiger partial charge in [0.05, 0.1) is 3.79 Å². The average Bonchev–Trinajstić information content (AvgIpc) is 2.50. The molecule has 0 aliphatic heterocycles. The first-order valence-electron chi connectivity index (χ1n) is 3.80. The monoisotopic (exact) mass is 277 g/mol. The predicted molar refractivity (Wildman–Crippen MR) is 56.3 cm³/mol. The minimum atomic E-state index is -1.03. The van der Waals surface area contributed by atoms with E-state index in [1.807, 2.05) is 12.1 Å². The van der Waals surface area contributed by atoms with Gasteiger partial charge in [0.25, 0.3) is 0 Å². The van der Waals surface area contributed by atoms with E-state index in [4.69, 9.17) is 5.11 Å². The van der Waals surface area contributed by atoms with Gasteiger partial charge >= 0.3 is 5.97 Å². The highest BCUT2D eigenvalue weighted by molar-refractivity contribution is 9.11. The first kappa shape index (κ1) is 11.2. The van der Waals surface area contributed by atoms with E-state index in [1.54, 1.807) is 0 Å². The Labute approximate surface area is 93.1 Å². The van der Waals surface area contributed by atoms with Crippen LogP contribution in [0.2, 0.25) is 0 Å². The van der Waals surface area contributed by atoms with Gasteiger partial charge in [-0.15, -0.1) is 11.3 Å². The van der Waals surface area contributed by atoms with E-state index in [-0.39, 0.29) is 0 Å². The van der Waals surface area contributed by atoms with Crippen LogP contribution < -0.4 is 5.32 Å². The SMILES string of the molecule is O=CNC(Cc1ccc(Br)s1)C(=O)O. The molecule has 1 atom stereocenters. The number of amides is 1. The minimum Gasteiger partial charge on any atom is -0.480 e. The normalized spacial score (nSPS) is 12.1. The second-order valence-electron chi connectivity index (χ2n) is 2.59. The van der Waals surface area contributed by atoms with Crippen LogP contribution in [0.1, 0.15) is 4.88 Å². The molecule has 0 saturated heterocycles. The van der Waals surface area contributed by atoms with E-state index in [2.05, 4.69) is 21.2 Å². The van der Waals surface area contributed by atoms with Crippen molar-refractivity contribution in [3.8, 4) is 0 Å². The lowest BCUT2D eigenvalue weighted by molar-refractivity contribution is -0.140. The number of aliphatic carboxylic acids is 1. The number of halogens is 1. The second kappa shape index (κ2) is 5.11. The van der Waals surface area contributed by atoms with E-state index in [0.29, 0.717) is 12.8 Å². The van der Waals surface area contributed by atoms with Gasteiger partial charge in [0.2, 0.25) is 6.41 Å². The lowest BCUT2D eigenvalue weighted by Gasteiger charge is -2.08. The fourth-order valence-electron chi connectivity index (χ4n) is 0.962. The van der Waals surface area contributed by atoms with E-state index < -0.39 is 12.0 Å². The summed E-state index contributed by atoms with van der Waals surface area (Å²) in [5.41, 5.74) is 0. The summed E-state index contributed by atoms with van der Waals surface area (Å²) in [5.74, 6) is -1.03. The van der Waals surface area contributed by atoms with Gasteiger partial charge in [0, 0.05) is 11.3 Å². The highest BCUT2D eigenvalue weighted by Gasteiger charge is 2.17. The zero-order chi connectivity index (χ0) is 10.6. The summed E-state index contributed by atoms with van der Waals surface area (Å²) in [4.78, 5) is 21.7. The molecule has 1 aromatic heterocycles. The molecule has 0 saturated carbocycles. The fourth-order valence-corrected chi connectivity index (χ4v) is 2.49. The first-order chi connectivity index (χ1) is 6.63. The number of rotatable bonds is 5. The molecule has 0 spiro atoms. The highest BCUT2D eigenvalue weighted by atomic mass is 79.9. The van der Waals surface area contributed by atoms with Gasteiger partial charge in [0.1, 0.15) is 6.04 Å². The molecule has 0 aliphatic carbocycles. The van der Waals surface area contributed by atoms with Gasteiger partial charge in [0.15, 0.2) is 0 Å². The number of hydrogen-bond acceptors (Lipinski definition) is 3. The minimum absolute atomic E-state index is 0.310. The summed E-state index contributed by atoms with van der Waals surface area (Å²) in [6.07, 6.45) is 0.714. The van der Waals surface area contributed by atoms with Crippen molar-refractivity contribution >= 4 is 39.6 Å². The van der Waals surface area contributed by atoms with Crippen LogP contribution in [0, 0.1) is 0 Å². The van der Waals surface area contributed by atoms with Gasteiger partial charge < -0.3 is 10.4 Å². The molecule has 6 heteroatoms. The largest absolute Gasteiger partial charge is 0.480 e. The maximum absolute atomic E-state index is 10.7. The van der Waals surface area contributed by atoms with Crippen molar-refractivity contribution in [1.82, 2.24) is 5.32 Å². The molecular formula is C8H8BrNO3S. The molecule has 0 radical (unpaired) electrons. The molecule has 1 unspecified atom stereocenters. The summed E-state index contributed by atoms with van der Waals surface area (Å²) in [7, 11) is 0. The average molecular weight is 278 g/mol. The lowest BCUT2D eigenvalue weighted by Crippen LogP contribution is -2.37. The lowest BCUT2D eigenvalue weighted by atomic mass is 10.2. The van der Waals surface area contributed by atoms with Crippen LogP contribution in [-0.4, -0.2) is 23.5 Å². The smallest absolute Gasteiger partial charge is 0.326 e. The van der Waals surface area contributed by atoms with Crippen LogP contribution in [0.25, 0.3) is 0 Å². The zero-order valence-electron chi connectivity index (χ0n) is 7.07. The van der Waals surface area contributed by atoms with Crippen LogP contribution >= 0.6 is 27.3 Å². The number of carbonyl (C=O) groups is 2. The number of carbonyl (C=O) groups excluding carboxylic acids is 1. The van der Waals surface area contributed by atoms with Crippen molar-refractivity contribution in [1.29, 1.82) is 0 Å². The molecular weight excluding hydrogens is 270 g/mol. The summed E-state index contributed by atoms with van der Waals surface area (Å²) in [5, 5.41) is 11.0. The van der Waals surface area contributed by atoms with Crippen LogP contribution in [0.4, 0.5) is 0 Å². The summed E-state index contributed by atoms with van der Waals surface area (Å²) in [6.45, 7) is 0. The summed E-state index contributed by atoms with van der Waals surface area (Å²) < 4.78 is 0.947.